The molecular formula is C67H50N2. The lowest BCUT2D eigenvalue weighted by atomic mass is 9.61. The standard InChI is InChI=1S/C67H50N2/c1-66(2)56-22-10-13-25-62(56)69(63-26-14-11-23-57(63)66)61-40-34-48-32-37-52-45(30-31-47-33-38-55(61)65(48)64(47)52)29-27-44-28-36-53-54-39-35-51(68-41-15-17-46-16-9-12-24-60(46)68)43-59(54)67(58(53)42-44,49-18-5-3-6-19-49)50-20-7-4-8-21-50/h3-7,9-14,16,18-20,22-40,43,58H,15,17,41-42H2,1-2H3/b29-27+. The summed E-state index contributed by atoms with van der Waals surface area (Å²) < 4.78 is 0. The molecule has 14 rings (SSSR count). The Kier molecular flexibility index (Phi) is 8.81. The zero-order valence-corrected chi connectivity index (χ0v) is 39.0. The maximum absolute atomic E-state index is 3.69. The van der Waals surface area contributed by atoms with Crippen molar-refractivity contribution in [2.24, 2.45) is 5.92 Å². The van der Waals surface area contributed by atoms with Gasteiger partial charge >= 0.3 is 0 Å². The molecule has 69 heavy (non-hydrogen) atoms. The fraction of sp³-hybridized carbons (Fsp3) is 0.134. The van der Waals surface area contributed by atoms with Crippen LogP contribution in [0.3, 0.4) is 0 Å². The SMILES string of the molecule is CC1(C)c2ccccc2N(c2ccc3ccc4c(/C=C/C5=CC=C6c7ccc(N8CCCc9ccccc98)cc7C(C7=C=C=CC=C7)(c7ccccc7)C6C5)ccc5ccc2c3c54)c2ccccc21. The summed E-state index contributed by atoms with van der Waals surface area (Å²) in [7, 11) is 0. The largest absolute Gasteiger partial charge is 0.341 e. The van der Waals surface area contributed by atoms with Gasteiger partial charge in [-0.05, 0) is 145 Å². The molecule has 9 aromatic carbocycles. The molecular weight excluding hydrogens is 833 g/mol. The van der Waals surface area contributed by atoms with Gasteiger partial charge in [-0.1, -0.05) is 189 Å². The molecule has 2 unspecified atom stereocenters. The van der Waals surface area contributed by atoms with E-state index in [-0.39, 0.29) is 11.3 Å². The fourth-order valence-corrected chi connectivity index (χ4v) is 13.2. The maximum Gasteiger partial charge on any atom is 0.0609 e. The predicted octanol–water partition coefficient (Wildman–Crippen LogP) is 16.9. The highest BCUT2D eigenvalue weighted by molar-refractivity contribution is 6.27. The van der Waals surface area contributed by atoms with Crippen LogP contribution in [0.25, 0.3) is 44.0 Å². The van der Waals surface area contributed by atoms with E-state index in [1.807, 2.05) is 6.08 Å². The van der Waals surface area contributed by atoms with Crippen LogP contribution >= 0.6 is 0 Å². The topological polar surface area (TPSA) is 6.48 Å². The van der Waals surface area contributed by atoms with E-state index < -0.39 is 5.41 Å². The third-order valence-electron chi connectivity index (χ3n) is 16.3. The van der Waals surface area contributed by atoms with Crippen molar-refractivity contribution < 1.29 is 0 Å². The van der Waals surface area contributed by atoms with Gasteiger partial charge in [0.1, 0.15) is 0 Å². The van der Waals surface area contributed by atoms with Crippen molar-refractivity contribution in [3.8, 4) is 0 Å². The molecule has 0 amide bonds. The van der Waals surface area contributed by atoms with Gasteiger partial charge in [0.15, 0.2) is 0 Å². The summed E-state index contributed by atoms with van der Waals surface area (Å²) in [6.45, 7) is 5.72. The number of rotatable bonds is 6. The number of allylic oxidation sites excluding steroid dienone is 9. The van der Waals surface area contributed by atoms with Gasteiger partial charge in [0.25, 0.3) is 0 Å². The quantitative estimate of drug-likeness (QED) is 0.121. The van der Waals surface area contributed by atoms with Gasteiger partial charge in [-0.15, -0.1) is 0 Å². The Morgan fingerprint density at radius 1 is 0.609 bits per heavy atom. The first-order chi connectivity index (χ1) is 34.0. The number of benzene rings is 9. The number of nitrogens with zero attached hydrogens (tertiary/aromatic N) is 2. The normalized spacial score (nSPS) is 19.6. The molecule has 2 aliphatic heterocycles. The molecule has 3 aliphatic carbocycles. The molecule has 0 fully saturated rings. The summed E-state index contributed by atoms with van der Waals surface area (Å²) >= 11 is 0. The lowest BCUT2D eigenvalue weighted by Crippen LogP contribution is -2.35. The first-order valence-corrected chi connectivity index (χ1v) is 24.7. The van der Waals surface area contributed by atoms with Crippen LogP contribution in [0.5, 0.6) is 0 Å². The molecule has 0 saturated heterocycles. The van der Waals surface area contributed by atoms with E-state index in [4.69, 9.17) is 0 Å². The monoisotopic (exact) mass is 882 g/mol. The highest BCUT2D eigenvalue weighted by atomic mass is 15.2. The lowest BCUT2D eigenvalue weighted by Gasteiger charge is -2.42. The fourth-order valence-electron chi connectivity index (χ4n) is 13.2. The third kappa shape index (κ3) is 5.81. The first kappa shape index (κ1) is 40.0. The molecule has 0 spiro atoms. The van der Waals surface area contributed by atoms with Crippen molar-refractivity contribution in [1.29, 1.82) is 0 Å². The van der Waals surface area contributed by atoms with E-state index in [0.29, 0.717) is 0 Å². The molecule has 0 bridgehead atoms. The molecule has 2 heterocycles. The van der Waals surface area contributed by atoms with Gasteiger partial charge in [0.2, 0.25) is 0 Å². The Morgan fingerprint density at radius 2 is 1.30 bits per heavy atom. The Labute approximate surface area is 404 Å². The lowest BCUT2D eigenvalue weighted by molar-refractivity contribution is 0.478. The maximum atomic E-state index is 3.69. The van der Waals surface area contributed by atoms with E-state index in [1.54, 1.807) is 0 Å². The van der Waals surface area contributed by atoms with Crippen LogP contribution in [0, 0.1) is 5.92 Å². The molecule has 5 aliphatic rings. The van der Waals surface area contributed by atoms with Crippen LogP contribution in [-0.2, 0) is 17.3 Å². The van der Waals surface area contributed by atoms with Crippen LogP contribution in [0.4, 0.5) is 28.4 Å². The van der Waals surface area contributed by atoms with Crippen LogP contribution < -0.4 is 9.80 Å². The van der Waals surface area contributed by atoms with Crippen molar-refractivity contribution in [3.63, 3.8) is 0 Å². The zero-order valence-electron chi connectivity index (χ0n) is 39.0. The number of para-hydroxylation sites is 3. The number of anilines is 5. The van der Waals surface area contributed by atoms with Gasteiger partial charge in [-0.25, -0.2) is 0 Å². The van der Waals surface area contributed by atoms with E-state index in [1.165, 1.54) is 116 Å². The molecule has 2 atom stereocenters. The molecule has 2 heteroatoms. The van der Waals surface area contributed by atoms with Crippen molar-refractivity contribution in [3.05, 3.63) is 268 Å². The second-order valence-electron chi connectivity index (χ2n) is 20.1. The van der Waals surface area contributed by atoms with Crippen LogP contribution in [-0.4, -0.2) is 6.54 Å². The van der Waals surface area contributed by atoms with Crippen molar-refractivity contribution in [2.45, 2.75) is 43.9 Å². The summed E-state index contributed by atoms with van der Waals surface area (Å²) in [4.78, 5) is 5.05. The Balaban J connectivity index is 0.887. The first-order valence-electron chi connectivity index (χ1n) is 24.7. The van der Waals surface area contributed by atoms with Gasteiger partial charge < -0.3 is 9.80 Å². The Morgan fingerprint density at radius 3 is 2.09 bits per heavy atom. The minimum Gasteiger partial charge on any atom is -0.341 e. The second kappa shape index (κ2) is 15.2. The summed E-state index contributed by atoms with van der Waals surface area (Å²) in [6, 6.07) is 64.1. The second-order valence-corrected chi connectivity index (χ2v) is 20.1. The highest BCUT2D eigenvalue weighted by Crippen LogP contribution is 2.62. The minimum absolute atomic E-state index is 0.118. The van der Waals surface area contributed by atoms with Crippen molar-refractivity contribution in [2.75, 3.05) is 16.3 Å². The van der Waals surface area contributed by atoms with Gasteiger partial charge in [-0.3, -0.25) is 0 Å². The molecule has 0 aromatic heterocycles. The van der Waals surface area contributed by atoms with Crippen LogP contribution in [0.15, 0.2) is 229 Å². The van der Waals surface area contributed by atoms with E-state index >= 15 is 0 Å². The zero-order chi connectivity index (χ0) is 45.8. The van der Waals surface area contributed by atoms with Crippen LogP contribution in [0.2, 0.25) is 0 Å². The van der Waals surface area contributed by atoms with E-state index in [9.17, 15) is 0 Å². The van der Waals surface area contributed by atoms with E-state index in [2.05, 4.69) is 241 Å². The Hall–Kier alpha value is -8.12. The molecule has 2 nitrogen and oxygen atoms in total. The average Bonchev–Trinajstić information content (AvgIpc) is 3.70. The van der Waals surface area contributed by atoms with Gasteiger partial charge in [0.05, 0.1) is 22.5 Å². The third-order valence-corrected chi connectivity index (χ3v) is 16.3. The summed E-state index contributed by atoms with van der Waals surface area (Å²) in [6.07, 6.45) is 19.1. The molecule has 0 saturated carbocycles. The smallest absolute Gasteiger partial charge is 0.0609 e. The minimum atomic E-state index is -0.464. The van der Waals surface area contributed by atoms with Gasteiger partial charge in [-0.2, -0.15) is 0 Å². The molecule has 328 valence electrons. The number of aryl methyl sites for hydroxylation is 1. The summed E-state index contributed by atoms with van der Waals surface area (Å²) in [5.41, 5.74) is 26.0. The number of fused-ring (bicyclic) bond motifs is 6. The molecule has 0 N–H and O–H groups in total. The molecule has 9 aromatic rings. The predicted molar refractivity (Wildman–Crippen MR) is 290 cm³/mol. The Bertz CT molecular complexity index is 3810. The number of hydrogen-bond acceptors (Lipinski definition) is 2. The average molecular weight is 883 g/mol. The van der Waals surface area contributed by atoms with Crippen LogP contribution in [0.1, 0.15) is 65.6 Å². The van der Waals surface area contributed by atoms with Gasteiger partial charge in [0, 0.05) is 40.2 Å². The summed E-state index contributed by atoms with van der Waals surface area (Å²) in [5.74, 6) is 0.158. The van der Waals surface area contributed by atoms with Crippen molar-refractivity contribution in [1.82, 2.24) is 0 Å². The summed E-state index contributed by atoms with van der Waals surface area (Å²) in [5, 5.41) is 7.72. The number of hydrogen-bond donors (Lipinski definition) is 0. The van der Waals surface area contributed by atoms with Crippen molar-refractivity contribution >= 4 is 72.4 Å². The van der Waals surface area contributed by atoms with E-state index in [0.717, 1.165) is 25.8 Å². The highest BCUT2D eigenvalue weighted by Gasteiger charge is 2.53. The molecule has 0 radical (unpaired) electrons.